The van der Waals surface area contributed by atoms with Gasteiger partial charge in [-0.25, -0.2) is 9.37 Å². The number of anilines is 2. The summed E-state index contributed by atoms with van der Waals surface area (Å²) < 4.78 is 14.0. The zero-order chi connectivity index (χ0) is 21.6. The maximum atomic E-state index is 14.0. The van der Waals surface area contributed by atoms with E-state index in [1.54, 1.807) is 12.1 Å². The number of likely N-dealkylation sites (tertiary alicyclic amines) is 1. The Labute approximate surface area is 181 Å². The lowest BCUT2D eigenvalue weighted by Gasteiger charge is -2.31. The lowest BCUT2D eigenvalue weighted by Crippen LogP contribution is -2.45. The second kappa shape index (κ2) is 9.87. The normalized spacial score (nSPS) is 17.2. The van der Waals surface area contributed by atoms with Gasteiger partial charge in [0.05, 0.1) is 23.0 Å². The predicted molar refractivity (Wildman–Crippen MR) is 118 cm³/mol. The van der Waals surface area contributed by atoms with Crippen molar-refractivity contribution in [3.05, 3.63) is 53.5 Å². The SMILES string of the molecule is O=C(Nc1cnc(N2CCNCC2)c(C(=O)N2CCCCCC2)c1)c1ccccc1F. The number of hydrogen-bond acceptors (Lipinski definition) is 5. The molecular weight excluding hydrogens is 397 g/mol. The van der Waals surface area contributed by atoms with Gasteiger partial charge < -0.3 is 20.4 Å². The molecule has 3 heterocycles. The van der Waals surface area contributed by atoms with Crippen molar-refractivity contribution in [1.29, 1.82) is 0 Å². The van der Waals surface area contributed by atoms with E-state index < -0.39 is 11.7 Å². The van der Waals surface area contributed by atoms with Crippen LogP contribution in [0.15, 0.2) is 36.5 Å². The molecule has 2 N–H and O–H groups in total. The fourth-order valence-electron chi connectivity index (χ4n) is 4.10. The predicted octanol–water partition coefficient (Wildman–Crippen LogP) is 2.90. The van der Waals surface area contributed by atoms with Crippen LogP contribution in [-0.2, 0) is 0 Å². The minimum absolute atomic E-state index is 0.0472. The van der Waals surface area contributed by atoms with Gasteiger partial charge in [0.15, 0.2) is 0 Å². The number of halogens is 1. The highest BCUT2D eigenvalue weighted by Gasteiger charge is 2.25. The molecule has 8 heteroatoms. The highest BCUT2D eigenvalue weighted by molar-refractivity contribution is 6.06. The van der Waals surface area contributed by atoms with Crippen molar-refractivity contribution < 1.29 is 14.0 Å². The van der Waals surface area contributed by atoms with Crippen LogP contribution in [0.1, 0.15) is 46.4 Å². The van der Waals surface area contributed by atoms with Crippen LogP contribution in [-0.4, -0.2) is 61.0 Å². The molecular formula is C23H28FN5O2. The van der Waals surface area contributed by atoms with Crippen molar-refractivity contribution in [2.75, 3.05) is 49.5 Å². The van der Waals surface area contributed by atoms with Crippen LogP contribution in [0.3, 0.4) is 0 Å². The summed E-state index contributed by atoms with van der Waals surface area (Å²) in [5.41, 5.74) is 0.814. The molecule has 2 aliphatic heterocycles. The minimum Gasteiger partial charge on any atom is -0.353 e. The molecule has 0 radical (unpaired) electrons. The van der Waals surface area contributed by atoms with E-state index in [4.69, 9.17) is 0 Å². The van der Waals surface area contributed by atoms with E-state index in [1.807, 2.05) is 4.90 Å². The lowest BCUT2D eigenvalue weighted by atomic mass is 10.1. The molecule has 0 unspecified atom stereocenters. The van der Waals surface area contributed by atoms with Gasteiger partial charge >= 0.3 is 0 Å². The molecule has 0 saturated carbocycles. The lowest BCUT2D eigenvalue weighted by molar-refractivity contribution is 0.0761. The van der Waals surface area contributed by atoms with Gasteiger partial charge in [0.1, 0.15) is 11.6 Å². The van der Waals surface area contributed by atoms with Gasteiger partial charge in [-0.15, -0.1) is 0 Å². The number of benzene rings is 1. The molecule has 0 spiro atoms. The molecule has 2 fully saturated rings. The van der Waals surface area contributed by atoms with Crippen LogP contribution in [0.25, 0.3) is 0 Å². The van der Waals surface area contributed by atoms with Crippen molar-refractivity contribution in [2.45, 2.75) is 25.7 Å². The second-order valence-corrected chi connectivity index (χ2v) is 7.97. The quantitative estimate of drug-likeness (QED) is 0.788. The summed E-state index contributed by atoms with van der Waals surface area (Å²) in [6.07, 6.45) is 5.78. The Morgan fingerprint density at radius 2 is 1.68 bits per heavy atom. The summed E-state index contributed by atoms with van der Waals surface area (Å²) >= 11 is 0. The number of rotatable bonds is 4. The zero-order valence-corrected chi connectivity index (χ0v) is 17.6. The van der Waals surface area contributed by atoms with Crippen molar-refractivity contribution in [1.82, 2.24) is 15.2 Å². The van der Waals surface area contributed by atoms with Crippen molar-refractivity contribution in [3.8, 4) is 0 Å². The molecule has 164 valence electrons. The summed E-state index contributed by atoms with van der Waals surface area (Å²) in [5, 5.41) is 6.01. The van der Waals surface area contributed by atoms with E-state index in [-0.39, 0.29) is 11.5 Å². The van der Waals surface area contributed by atoms with E-state index in [2.05, 4.69) is 20.5 Å². The van der Waals surface area contributed by atoms with Gasteiger partial charge in [-0.3, -0.25) is 9.59 Å². The van der Waals surface area contributed by atoms with Crippen LogP contribution in [0.2, 0.25) is 0 Å². The third kappa shape index (κ3) is 5.02. The molecule has 4 rings (SSSR count). The summed E-state index contributed by atoms with van der Waals surface area (Å²) in [5.74, 6) is -0.584. The molecule has 1 aromatic carbocycles. The first kappa shape index (κ1) is 21.2. The molecule has 2 amide bonds. The molecule has 2 aromatic rings. The van der Waals surface area contributed by atoms with Gasteiger partial charge in [0, 0.05) is 39.3 Å². The maximum absolute atomic E-state index is 14.0. The van der Waals surface area contributed by atoms with Gasteiger partial charge in [0.2, 0.25) is 0 Å². The van der Waals surface area contributed by atoms with E-state index in [1.165, 1.54) is 24.4 Å². The number of carbonyl (C=O) groups is 2. The molecule has 7 nitrogen and oxygen atoms in total. The molecule has 0 bridgehead atoms. The topological polar surface area (TPSA) is 77.6 Å². The van der Waals surface area contributed by atoms with Crippen molar-refractivity contribution in [2.24, 2.45) is 0 Å². The second-order valence-electron chi connectivity index (χ2n) is 7.97. The van der Waals surface area contributed by atoms with Crippen LogP contribution in [0, 0.1) is 5.82 Å². The van der Waals surface area contributed by atoms with Crippen LogP contribution in [0.5, 0.6) is 0 Å². The third-order valence-corrected chi connectivity index (χ3v) is 5.78. The van der Waals surface area contributed by atoms with Crippen LogP contribution < -0.4 is 15.5 Å². The summed E-state index contributed by atoms with van der Waals surface area (Å²) in [7, 11) is 0. The number of hydrogen-bond donors (Lipinski definition) is 2. The number of aromatic nitrogens is 1. The molecule has 0 atom stereocenters. The van der Waals surface area contributed by atoms with Crippen molar-refractivity contribution >= 4 is 23.3 Å². The largest absolute Gasteiger partial charge is 0.353 e. The van der Waals surface area contributed by atoms with Gasteiger partial charge in [-0.05, 0) is 31.0 Å². The summed E-state index contributed by atoms with van der Waals surface area (Å²) in [6, 6.07) is 7.49. The molecule has 0 aliphatic carbocycles. The van der Waals surface area contributed by atoms with E-state index >= 15 is 0 Å². The molecule has 31 heavy (non-hydrogen) atoms. The van der Waals surface area contributed by atoms with Crippen LogP contribution in [0.4, 0.5) is 15.9 Å². The first-order valence-electron chi connectivity index (χ1n) is 10.9. The van der Waals surface area contributed by atoms with Gasteiger partial charge in [-0.1, -0.05) is 25.0 Å². The standard InChI is InChI=1S/C23H28FN5O2/c24-20-8-4-3-7-18(20)22(30)27-17-15-19(23(31)29-11-5-1-2-6-12-29)21(26-16-17)28-13-9-25-10-14-28/h3-4,7-8,15-16,25H,1-2,5-6,9-14H2,(H,27,30). The smallest absolute Gasteiger partial charge is 0.258 e. The minimum atomic E-state index is -0.591. The van der Waals surface area contributed by atoms with Crippen LogP contribution >= 0.6 is 0 Å². The van der Waals surface area contributed by atoms with E-state index in [9.17, 15) is 14.0 Å². The summed E-state index contributed by atoms with van der Waals surface area (Å²) in [6.45, 7) is 4.62. The van der Waals surface area contributed by atoms with Gasteiger partial charge in [0.25, 0.3) is 11.8 Å². The monoisotopic (exact) mass is 425 g/mol. The Bertz CT molecular complexity index is 937. The fourth-order valence-corrected chi connectivity index (χ4v) is 4.10. The fraction of sp³-hybridized carbons (Fsp3) is 0.435. The van der Waals surface area contributed by atoms with E-state index in [0.29, 0.717) is 17.1 Å². The average molecular weight is 426 g/mol. The Balaban J connectivity index is 1.63. The number of nitrogens with zero attached hydrogens (tertiary/aromatic N) is 3. The number of amides is 2. The number of nitrogens with one attached hydrogen (secondary N) is 2. The van der Waals surface area contributed by atoms with E-state index in [0.717, 1.165) is 65.0 Å². The first-order chi connectivity index (χ1) is 15.1. The first-order valence-corrected chi connectivity index (χ1v) is 10.9. The van der Waals surface area contributed by atoms with Gasteiger partial charge in [-0.2, -0.15) is 0 Å². The Hall–Kier alpha value is -3.00. The zero-order valence-electron chi connectivity index (χ0n) is 17.6. The third-order valence-electron chi connectivity index (χ3n) is 5.78. The number of pyridine rings is 1. The molecule has 2 aliphatic rings. The number of carbonyl (C=O) groups excluding carboxylic acids is 2. The molecule has 2 saturated heterocycles. The number of piperazine rings is 1. The summed E-state index contributed by atoms with van der Waals surface area (Å²) in [4.78, 5) is 34.5. The molecule has 1 aromatic heterocycles. The van der Waals surface area contributed by atoms with Crippen molar-refractivity contribution in [3.63, 3.8) is 0 Å². The Kier molecular flexibility index (Phi) is 6.76. The highest BCUT2D eigenvalue weighted by Crippen LogP contribution is 2.25. The average Bonchev–Trinajstić information content (AvgIpc) is 3.09. The highest BCUT2D eigenvalue weighted by atomic mass is 19.1. The maximum Gasteiger partial charge on any atom is 0.258 e. The Morgan fingerprint density at radius 1 is 0.968 bits per heavy atom. The Morgan fingerprint density at radius 3 is 2.39 bits per heavy atom.